The fraction of sp³-hybridized carbons (Fsp3) is 0.407. The SMILES string of the molecule is CCc1cccc(C)c1-n1c(C)cc([C@@H]2[C@H](c3ccccn3)NC(=S)N2CCCOC)c1C. The summed E-state index contributed by atoms with van der Waals surface area (Å²) in [6.45, 7) is 10.4. The first kappa shape index (κ1) is 23.5. The highest BCUT2D eigenvalue weighted by molar-refractivity contribution is 7.80. The highest BCUT2D eigenvalue weighted by Crippen LogP contribution is 2.41. The lowest BCUT2D eigenvalue weighted by Crippen LogP contribution is -2.31. The Labute approximate surface area is 202 Å². The van der Waals surface area contributed by atoms with Crippen LogP contribution in [0, 0.1) is 20.8 Å². The number of aromatic nitrogens is 2. The van der Waals surface area contributed by atoms with Gasteiger partial charge in [0.05, 0.1) is 23.5 Å². The molecule has 1 aliphatic heterocycles. The lowest BCUT2D eigenvalue weighted by molar-refractivity contribution is 0.180. The topological polar surface area (TPSA) is 42.3 Å². The molecule has 0 spiro atoms. The van der Waals surface area contributed by atoms with E-state index in [9.17, 15) is 0 Å². The van der Waals surface area contributed by atoms with Crippen LogP contribution in [0.25, 0.3) is 5.69 Å². The molecule has 2 atom stereocenters. The average Bonchev–Trinajstić information content (AvgIpc) is 3.29. The van der Waals surface area contributed by atoms with Crippen LogP contribution in [0.3, 0.4) is 0 Å². The van der Waals surface area contributed by atoms with Crippen LogP contribution in [0.15, 0.2) is 48.7 Å². The number of pyridine rings is 1. The number of hydrogen-bond acceptors (Lipinski definition) is 3. The van der Waals surface area contributed by atoms with Crippen LogP contribution < -0.4 is 5.32 Å². The molecule has 0 amide bonds. The Morgan fingerprint density at radius 2 is 1.94 bits per heavy atom. The fourth-order valence-corrected chi connectivity index (χ4v) is 5.45. The van der Waals surface area contributed by atoms with Gasteiger partial charge in [-0.3, -0.25) is 4.98 Å². The zero-order valence-electron chi connectivity index (χ0n) is 20.3. The number of benzene rings is 1. The first-order valence-electron chi connectivity index (χ1n) is 11.7. The number of nitrogens with one attached hydrogen (secondary N) is 1. The molecule has 0 saturated carbocycles. The van der Waals surface area contributed by atoms with E-state index in [1.165, 1.54) is 33.8 Å². The van der Waals surface area contributed by atoms with Crippen molar-refractivity contribution in [3.63, 3.8) is 0 Å². The molecular weight excluding hydrogens is 428 g/mol. The summed E-state index contributed by atoms with van der Waals surface area (Å²) in [4.78, 5) is 7.00. The smallest absolute Gasteiger partial charge is 0.170 e. The molecule has 4 rings (SSSR count). The number of aryl methyl sites for hydroxylation is 3. The molecule has 1 fully saturated rings. The molecule has 0 bridgehead atoms. The van der Waals surface area contributed by atoms with E-state index in [1.54, 1.807) is 7.11 Å². The van der Waals surface area contributed by atoms with Gasteiger partial charge >= 0.3 is 0 Å². The summed E-state index contributed by atoms with van der Waals surface area (Å²) in [5.74, 6) is 0. The number of methoxy groups -OCH3 is 1. The van der Waals surface area contributed by atoms with Gasteiger partial charge in [0.2, 0.25) is 0 Å². The molecule has 1 N–H and O–H groups in total. The van der Waals surface area contributed by atoms with E-state index in [2.05, 4.69) is 77.8 Å². The summed E-state index contributed by atoms with van der Waals surface area (Å²) in [5.41, 5.74) is 8.75. The zero-order valence-corrected chi connectivity index (χ0v) is 21.1. The van der Waals surface area contributed by atoms with Gasteiger partial charge in [-0.2, -0.15) is 0 Å². The van der Waals surface area contributed by atoms with Crippen LogP contribution in [-0.4, -0.2) is 39.8 Å². The number of nitrogens with zero attached hydrogens (tertiary/aromatic N) is 3. The third-order valence-electron chi connectivity index (χ3n) is 6.66. The van der Waals surface area contributed by atoms with Crippen molar-refractivity contribution >= 4 is 17.3 Å². The van der Waals surface area contributed by atoms with Crippen molar-refractivity contribution in [2.75, 3.05) is 20.3 Å². The van der Waals surface area contributed by atoms with E-state index < -0.39 is 0 Å². The molecule has 33 heavy (non-hydrogen) atoms. The average molecular weight is 463 g/mol. The van der Waals surface area contributed by atoms with Crippen molar-refractivity contribution in [3.8, 4) is 5.69 Å². The largest absolute Gasteiger partial charge is 0.385 e. The number of para-hydroxylation sites is 1. The minimum absolute atomic E-state index is 0.00212. The van der Waals surface area contributed by atoms with Gasteiger partial charge in [0.1, 0.15) is 0 Å². The molecule has 174 valence electrons. The Kier molecular flexibility index (Phi) is 7.15. The van der Waals surface area contributed by atoms with Gasteiger partial charge in [0, 0.05) is 37.8 Å². The second-order valence-corrected chi connectivity index (χ2v) is 9.15. The Balaban J connectivity index is 1.84. The fourth-order valence-electron chi connectivity index (χ4n) is 5.12. The monoisotopic (exact) mass is 462 g/mol. The van der Waals surface area contributed by atoms with E-state index in [0.29, 0.717) is 6.61 Å². The van der Waals surface area contributed by atoms with E-state index in [4.69, 9.17) is 17.0 Å². The van der Waals surface area contributed by atoms with E-state index in [1.807, 2.05) is 18.3 Å². The van der Waals surface area contributed by atoms with Gasteiger partial charge in [-0.25, -0.2) is 0 Å². The molecule has 6 heteroatoms. The summed E-state index contributed by atoms with van der Waals surface area (Å²) in [7, 11) is 1.75. The van der Waals surface area contributed by atoms with Gasteiger partial charge < -0.3 is 19.5 Å². The first-order chi connectivity index (χ1) is 16.0. The van der Waals surface area contributed by atoms with E-state index >= 15 is 0 Å². The van der Waals surface area contributed by atoms with Crippen LogP contribution in [0.2, 0.25) is 0 Å². The molecule has 0 radical (unpaired) electrons. The number of hydrogen-bond donors (Lipinski definition) is 1. The van der Waals surface area contributed by atoms with Crippen LogP contribution in [0.4, 0.5) is 0 Å². The van der Waals surface area contributed by atoms with Crippen LogP contribution in [-0.2, 0) is 11.2 Å². The quantitative estimate of drug-likeness (QED) is 0.360. The maximum absolute atomic E-state index is 5.82. The van der Waals surface area contributed by atoms with Crippen molar-refractivity contribution in [2.24, 2.45) is 0 Å². The van der Waals surface area contributed by atoms with E-state index in [0.717, 1.165) is 30.2 Å². The van der Waals surface area contributed by atoms with Crippen molar-refractivity contribution < 1.29 is 4.74 Å². The van der Waals surface area contributed by atoms with Gasteiger partial charge in [-0.15, -0.1) is 0 Å². The number of rotatable bonds is 8. The van der Waals surface area contributed by atoms with Crippen LogP contribution in [0.1, 0.15) is 59.2 Å². The molecule has 1 aliphatic rings. The Hall–Kier alpha value is -2.70. The minimum atomic E-state index is -0.00212. The highest BCUT2D eigenvalue weighted by Gasteiger charge is 2.41. The second kappa shape index (κ2) is 10.1. The number of thiocarbonyl (C=S) groups is 1. The third-order valence-corrected chi connectivity index (χ3v) is 7.01. The van der Waals surface area contributed by atoms with Crippen molar-refractivity contribution in [1.82, 2.24) is 19.8 Å². The Morgan fingerprint density at radius 1 is 1.12 bits per heavy atom. The molecule has 1 aromatic carbocycles. The lowest BCUT2D eigenvalue weighted by atomic mass is 9.96. The van der Waals surface area contributed by atoms with Crippen molar-refractivity contribution in [2.45, 2.75) is 52.6 Å². The van der Waals surface area contributed by atoms with Gasteiger partial charge in [-0.1, -0.05) is 31.2 Å². The van der Waals surface area contributed by atoms with Crippen LogP contribution >= 0.6 is 12.2 Å². The zero-order chi connectivity index (χ0) is 23.5. The summed E-state index contributed by atoms with van der Waals surface area (Å²) >= 11 is 5.82. The first-order valence-corrected chi connectivity index (χ1v) is 12.1. The summed E-state index contributed by atoms with van der Waals surface area (Å²) in [6.07, 6.45) is 3.77. The summed E-state index contributed by atoms with van der Waals surface area (Å²) in [5, 5.41) is 4.35. The Bertz CT molecular complexity index is 1120. The third kappa shape index (κ3) is 4.42. The standard InChI is InChI=1S/C27H34N4OS/c1-6-21-12-9-11-18(2)25(21)31-19(3)17-22(20(31)4)26-24(23-13-7-8-14-28-23)29-27(33)30(26)15-10-16-32-5/h7-9,11-14,17,24,26H,6,10,15-16H2,1-5H3,(H,29,33)/t24-,26+/m0/s1. The summed E-state index contributed by atoms with van der Waals surface area (Å²) in [6, 6.07) is 15.1. The predicted molar refractivity (Wildman–Crippen MR) is 138 cm³/mol. The summed E-state index contributed by atoms with van der Waals surface area (Å²) < 4.78 is 7.75. The molecular formula is C27H34N4OS. The predicted octanol–water partition coefficient (Wildman–Crippen LogP) is 5.37. The molecule has 0 unspecified atom stereocenters. The van der Waals surface area contributed by atoms with Gasteiger partial charge in [-0.05, 0) is 80.7 Å². The molecule has 1 saturated heterocycles. The second-order valence-electron chi connectivity index (χ2n) is 8.76. The van der Waals surface area contributed by atoms with Gasteiger partial charge in [0.15, 0.2) is 5.11 Å². The molecule has 0 aliphatic carbocycles. The Morgan fingerprint density at radius 3 is 2.64 bits per heavy atom. The lowest BCUT2D eigenvalue weighted by Gasteiger charge is -2.28. The maximum atomic E-state index is 5.82. The van der Waals surface area contributed by atoms with Crippen LogP contribution in [0.5, 0.6) is 0 Å². The van der Waals surface area contributed by atoms with E-state index in [-0.39, 0.29) is 12.1 Å². The highest BCUT2D eigenvalue weighted by atomic mass is 32.1. The molecule has 5 nitrogen and oxygen atoms in total. The molecule has 3 heterocycles. The maximum Gasteiger partial charge on any atom is 0.170 e. The van der Waals surface area contributed by atoms with Crippen molar-refractivity contribution in [3.05, 3.63) is 82.4 Å². The van der Waals surface area contributed by atoms with Gasteiger partial charge in [0.25, 0.3) is 0 Å². The molecule has 2 aromatic heterocycles. The number of ether oxygens (including phenoxy) is 1. The van der Waals surface area contributed by atoms with Crippen molar-refractivity contribution in [1.29, 1.82) is 0 Å². The normalized spacial score (nSPS) is 18.1. The molecule has 3 aromatic rings. The minimum Gasteiger partial charge on any atom is -0.385 e.